The summed E-state index contributed by atoms with van der Waals surface area (Å²) in [5, 5.41) is 0.424. The van der Waals surface area contributed by atoms with Crippen molar-refractivity contribution >= 4 is 29.1 Å². The van der Waals surface area contributed by atoms with Gasteiger partial charge in [-0.2, -0.15) is 0 Å². The standard InChI is InChI=1S/C18H12ClNOS/c19-13-9-7-12(8-10-13)18-17(21)15-5-3-11-20(15)14-4-1-2-6-16(14)22-18/h1-11,18H/t18-/m1/s1. The molecule has 0 spiro atoms. The van der Waals surface area contributed by atoms with Crippen molar-refractivity contribution in [1.29, 1.82) is 0 Å². The Balaban J connectivity index is 1.90. The van der Waals surface area contributed by atoms with Gasteiger partial charge in [-0.1, -0.05) is 35.9 Å². The van der Waals surface area contributed by atoms with Crippen LogP contribution in [0, 0.1) is 0 Å². The van der Waals surface area contributed by atoms with E-state index >= 15 is 0 Å². The summed E-state index contributed by atoms with van der Waals surface area (Å²) in [5.41, 5.74) is 2.75. The molecule has 0 amide bonds. The van der Waals surface area contributed by atoms with Gasteiger partial charge in [0, 0.05) is 16.1 Å². The van der Waals surface area contributed by atoms with Crippen molar-refractivity contribution in [2.45, 2.75) is 10.1 Å². The van der Waals surface area contributed by atoms with Gasteiger partial charge in [0.05, 0.1) is 16.6 Å². The van der Waals surface area contributed by atoms with Gasteiger partial charge < -0.3 is 4.57 Å². The Morgan fingerprint density at radius 2 is 1.73 bits per heavy atom. The summed E-state index contributed by atoms with van der Waals surface area (Å²) in [4.78, 5) is 14.1. The third-order valence-corrected chi connectivity index (χ3v) is 5.35. The number of ketones is 1. The summed E-state index contributed by atoms with van der Waals surface area (Å²) in [5.74, 6) is 0.119. The summed E-state index contributed by atoms with van der Waals surface area (Å²) in [7, 11) is 0. The maximum atomic E-state index is 13.0. The lowest BCUT2D eigenvalue weighted by Gasteiger charge is -2.13. The highest BCUT2D eigenvalue weighted by Crippen LogP contribution is 2.43. The Kier molecular flexibility index (Phi) is 3.32. The van der Waals surface area contributed by atoms with Gasteiger partial charge >= 0.3 is 0 Å². The lowest BCUT2D eigenvalue weighted by molar-refractivity contribution is 0.0984. The zero-order valence-electron chi connectivity index (χ0n) is 11.6. The zero-order chi connectivity index (χ0) is 15.1. The van der Waals surface area contributed by atoms with Gasteiger partial charge in [0.25, 0.3) is 0 Å². The van der Waals surface area contributed by atoms with Crippen LogP contribution in [0.5, 0.6) is 0 Å². The van der Waals surface area contributed by atoms with Crippen molar-refractivity contribution in [3.63, 3.8) is 0 Å². The Bertz CT molecular complexity index is 854. The van der Waals surface area contributed by atoms with Crippen molar-refractivity contribution in [2.75, 3.05) is 0 Å². The fraction of sp³-hybridized carbons (Fsp3) is 0.0556. The highest BCUT2D eigenvalue weighted by Gasteiger charge is 2.30. The lowest BCUT2D eigenvalue weighted by atomic mass is 10.1. The number of aromatic nitrogens is 1. The van der Waals surface area contributed by atoms with Crippen LogP contribution in [-0.4, -0.2) is 10.4 Å². The van der Waals surface area contributed by atoms with Gasteiger partial charge in [-0.15, -0.1) is 11.8 Å². The normalized spacial score (nSPS) is 16.8. The molecule has 0 aliphatic carbocycles. The molecule has 3 aromatic rings. The third kappa shape index (κ3) is 2.18. The van der Waals surface area contributed by atoms with Crippen LogP contribution in [0.3, 0.4) is 0 Å². The van der Waals surface area contributed by atoms with Crippen molar-refractivity contribution in [3.8, 4) is 5.69 Å². The molecule has 1 atom stereocenters. The van der Waals surface area contributed by atoms with Crippen molar-refractivity contribution in [2.24, 2.45) is 0 Å². The molecule has 2 aromatic carbocycles. The molecule has 108 valence electrons. The summed E-state index contributed by atoms with van der Waals surface area (Å²) in [6.07, 6.45) is 1.94. The van der Waals surface area contributed by atoms with Crippen LogP contribution in [0.1, 0.15) is 21.3 Å². The predicted molar refractivity (Wildman–Crippen MR) is 90.1 cm³/mol. The number of Topliss-reactive ketones (excluding diaryl/α,β-unsaturated/α-hetero) is 1. The van der Waals surface area contributed by atoms with Crippen molar-refractivity contribution in [1.82, 2.24) is 4.57 Å². The van der Waals surface area contributed by atoms with Gasteiger partial charge in [-0.05, 0) is 42.0 Å². The maximum Gasteiger partial charge on any atom is 0.197 e. The molecule has 0 bridgehead atoms. The average molecular weight is 326 g/mol. The van der Waals surface area contributed by atoms with Crippen molar-refractivity contribution < 1.29 is 4.79 Å². The minimum absolute atomic E-state index is 0.119. The van der Waals surface area contributed by atoms with E-state index in [0.717, 1.165) is 21.8 Å². The molecule has 0 N–H and O–H groups in total. The molecule has 0 saturated carbocycles. The highest BCUT2D eigenvalue weighted by molar-refractivity contribution is 8.00. The van der Waals surface area contributed by atoms with E-state index in [1.54, 1.807) is 11.8 Å². The van der Waals surface area contributed by atoms with Crippen LogP contribution in [-0.2, 0) is 0 Å². The number of rotatable bonds is 1. The van der Waals surface area contributed by atoms with Gasteiger partial charge in [-0.25, -0.2) is 0 Å². The van der Waals surface area contributed by atoms with Gasteiger partial charge in [0.2, 0.25) is 0 Å². The monoisotopic (exact) mass is 325 g/mol. The van der Waals surface area contributed by atoms with Crippen LogP contribution >= 0.6 is 23.4 Å². The van der Waals surface area contributed by atoms with Gasteiger partial charge in [-0.3, -0.25) is 4.79 Å². The van der Waals surface area contributed by atoms with Crippen LogP contribution in [0.2, 0.25) is 5.02 Å². The molecular weight excluding hydrogens is 314 g/mol. The number of thioether (sulfide) groups is 1. The number of carbonyl (C=O) groups excluding carboxylic acids is 1. The average Bonchev–Trinajstić information content (AvgIpc) is 2.99. The predicted octanol–water partition coefficient (Wildman–Crippen LogP) is 5.16. The molecule has 0 fully saturated rings. The molecule has 2 heterocycles. The van der Waals surface area contributed by atoms with Crippen LogP contribution in [0.25, 0.3) is 5.69 Å². The second kappa shape index (κ2) is 5.34. The largest absolute Gasteiger partial charge is 0.313 e. The minimum atomic E-state index is -0.255. The Hall–Kier alpha value is -1.97. The smallest absolute Gasteiger partial charge is 0.197 e. The van der Waals surface area contributed by atoms with E-state index in [-0.39, 0.29) is 11.0 Å². The molecule has 2 nitrogen and oxygen atoms in total. The van der Waals surface area contributed by atoms with E-state index in [4.69, 9.17) is 11.6 Å². The van der Waals surface area contributed by atoms with E-state index < -0.39 is 0 Å². The number of hydrogen-bond donors (Lipinski definition) is 0. The minimum Gasteiger partial charge on any atom is -0.313 e. The van der Waals surface area contributed by atoms with E-state index in [1.165, 1.54) is 0 Å². The van der Waals surface area contributed by atoms with E-state index in [0.29, 0.717) is 5.02 Å². The van der Waals surface area contributed by atoms with Crippen LogP contribution < -0.4 is 0 Å². The maximum absolute atomic E-state index is 13.0. The van der Waals surface area contributed by atoms with Gasteiger partial charge in [0.1, 0.15) is 0 Å². The molecule has 1 aromatic heterocycles. The number of hydrogen-bond acceptors (Lipinski definition) is 2. The highest BCUT2D eigenvalue weighted by atomic mass is 35.5. The van der Waals surface area contributed by atoms with E-state index in [1.807, 2.05) is 65.4 Å². The fourth-order valence-electron chi connectivity index (χ4n) is 2.72. The zero-order valence-corrected chi connectivity index (χ0v) is 13.1. The summed E-state index contributed by atoms with van der Waals surface area (Å²) >= 11 is 7.56. The first-order valence-corrected chi connectivity index (χ1v) is 8.23. The number of fused-ring (bicyclic) bond motifs is 3. The number of carbonyl (C=O) groups is 1. The third-order valence-electron chi connectivity index (χ3n) is 3.78. The van der Waals surface area contributed by atoms with Crippen LogP contribution in [0.4, 0.5) is 0 Å². The second-order valence-electron chi connectivity index (χ2n) is 5.14. The summed E-state index contributed by atoms with van der Waals surface area (Å²) in [6.45, 7) is 0. The number of benzene rings is 2. The number of para-hydroxylation sites is 1. The Morgan fingerprint density at radius 3 is 2.55 bits per heavy atom. The number of nitrogens with zero attached hydrogens (tertiary/aromatic N) is 1. The first-order chi connectivity index (χ1) is 10.7. The summed E-state index contributed by atoms with van der Waals surface area (Å²) < 4.78 is 1.97. The molecule has 0 saturated heterocycles. The Morgan fingerprint density at radius 1 is 0.955 bits per heavy atom. The van der Waals surface area contributed by atoms with E-state index in [2.05, 4.69) is 6.07 Å². The molecule has 4 heteroatoms. The van der Waals surface area contributed by atoms with Gasteiger partial charge in [0.15, 0.2) is 5.78 Å². The second-order valence-corrected chi connectivity index (χ2v) is 6.73. The first-order valence-electron chi connectivity index (χ1n) is 6.97. The topological polar surface area (TPSA) is 22.0 Å². The van der Waals surface area contributed by atoms with E-state index in [9.17, 15) is 4.79 Å². The molecule has 4 rings (SSSR count). The Labute approximate surface area is 137 Å². The first kappa shape index (κ1) is 13.7. The fourth-order valence-corrected chi connectivity index (χ4v) is 4.06. The van der Waals surface area contributed by atoms with Crippen LogP contribution in [0.15, 0.2) is 71.8 Å². The van der Waals surface area contributed by atoms with Crippen molar-refractivity contribution in [3.05, 3.63) is 83.1 Å². The molecule has 1 aliphatic rings. The SMILES string of the molecule is O=C1c2cccn2-c2ccccc2S[C@@H]1c1ccc(Cl)cc1. The molecular formula is C18H12ClNOS. The summed E-state index contributed by atoms with van der Waals surface area (Å²) in [6, 6.07) is 19.4. The molecule has 0 radical (unpaired) electrons. The quantitative estimate of drug-likeness (QED) is 0.616. The lowest BCUT2D eigenvalue weighted by Crippen LogP contribution is -2.11. The number of halogens is 1. The molecule has 1 aliphatic heterocycles. The molecule has 22 heavy (non-hydrogen) atoms. The molecule has 0 unspecified atom stereocenters.